The van der Waals surface area contributed by atoms with Crippen LogP contribution in [0, 0.1) is 0 Å². The molecule has 154 valence electrons. The van der Waals surface area contributed by atoms with E-state index in [-0.39, 0.29) is 12.6 Å². The van der Waals surface area contributed by atoms with Crippen LogP contribution in [0.1, 0.15) is 33.5 Å². The number of carbonyl (C=O) groups is 1. The smallest absolute Gasteiger partial charge is 0.315 e. The van der Waals surface area contributed by atoms with E-state index >= 15 is 0 Å². The lowest BCUT2D eigenvalue weighted by molar-refractivity contribution is 0.121. The van der Waals surface area contributed by atoms with E-state index in [9.17, 15) is 4.79 Å². The molecule has 0 fully saturated rings. The van der Waals surface area contributed by atoms with E-state index < -0.39 is 6.03 Å². The van der Waals surface area contributed by atoms with E-state index in [1.165, 1.54) is 0 Å². The number of hydrogen-bond acceptors (Lipinski definition) is 6. The number of oxime groups is 1. The summed E-state index contributed by atoms with van der Waals surface area (Å²) in [6, 6.07) is 7.28. The van der Waals surface area contributed by atoms with Crippen LogP contribution in [0.5, 0.6) is 0 Å². The lowest BCUT2D eigenvalue weighted by Gasteiger charge is -2.25. The SMILES string of the molecule is CC(C)=NOCc1nc2c(N)nc3ccccc3c2n1CCN(C(N)=O)C(C)C. The number of rotatable bonds is 7. The number of benzene rings is 1. The molecule has 9 heteroatoms. The first-order valence-corrected chi connectivity index (χ1v) is 9.52. The monoisotopic (exact) mass is 397 g/mol. The summed E-state index contributed by atoms with van der Waals surface area (Å²) < 4.78 is 2.01. The molecular weight excluding hydrogens is 370 g/mol. The van der Waals surface area contributed by atoms with Crippen LogP contribution in [0.15, 0.2) is 29.4 Å². The number of fused-ring (bicyclic) bond motifs is 3. The highest BCUT2D eigenvalue weighted by molar-refractivity contribution is 6.06. The maximum atomic E-state index is 11.8. The Labute approximate surface area is 169 Å². The van der Waals surface area contributed by atoms with Gasteiger partial charge in [-0.25, -0.2) is 14.8 Å². The predicted molar refractivity (Wildman–Crippen MR) is 114 cm³/mol. The summed E-state index contributed by atoms with van der Waals surface area (Å²) in [4.78, 5) is 28.0. The molecule has 0 aliphatic carbocycles. The molecule has 2 amide bonds. The van der Waals surface area contributed by atoms with Gasteiger partial charge in [0.15, 0.2) is 18.2 Å². The normalized spacial score (nSPS) is 11.2. The Morgan fingerprint density at radius 3 is 2.66 bits per heavy atom. The number of nitrogens with two attached hydrogens (primary N) is 2. The molecule has 3 aromatic rings. The summed E-state index contributed by atoms with van der Waals surface area (Å²) in [7, 11) is 0. The lowest BCUT2D eigenvalue weighted by Crippen LogP contribution is -2.42. The summed E-state index contributed by atoms with van der Waals surface area (Å²) in [5, 5.41) is 4.93. The van der Waals surface area contributed by atoms with Gasteiger partial charge in [-0.15, -0.1) is 0 Å². The molecule has 0 aliphatic rings. The van der Waals surface area contributed by atoms with Crippen molar-refractivity contribution in [3.8, 4) is 0 Å². The van der Waals surface area contributed by atoms with E-state index in [0.717, 1.165) is 22.1 Å². The van der Waals surface area contributed by atoms with Crippen molar-refractivity contribution in [3.63, 3.8) is 0 Å². The second-order valence-electron chi connectivity index (χ2n) is 7.33. The molecule has 0 bridgehead atoms. The van der Waals surface area contributed by atoms with Crippen molar-refractivity contribution in [3.05, 3.63) is 30.1 Å². The van der Waals surface area contributed by atoms with E-state index in [1.54, 1.807) is 4.90 Å². The van der Waals surface area contributed by atoms with Gasteiger partial charge in [-0.1, -0.05) is 23.4 Å². The molecule has 0 radical (unpaired) electrons. The minimum Gasteiger partial charge on any atom is -0.388 e. The Kier molecular flexibility index (Phi) is 5.86. The van der Waals surface area contributed by atoms with Gasteiger partial charge in [0.25, 0.3) is 0 Å². The summed E-state index contributed by atoms with van der Waals surface area (Å²) in [6.45, 7) is 8.65. The molecule has 0 atom stereocenters. The highest BCUT2D eigenvalue weighted by atomic mass is 16.6. The highest BCUT2D eigenvalue weighted by Gasteiger charge is 2.20. The molecule has 2 aromatic heterocycles. The first-order chi connectivity index (χ1) is 13.8. The summed E-state index contributed by atoms with van der Waals surface area (Å²) in [5.41, 5.74) is 14.8. The quantitative estimate of drug-likeness (QED) is 0.468. The van der Waals surface area contributed by atoms with Crippen molar-refractivity contribution in [2.45, 2.75) is 46.9 Å². The van der Waals surface area contributed by atoms with Crippen LogP contribution < -0.4 is 11.5 Å². The zero-order chi connectivity index (χ0) is 21.1. The first-order valence-electron chi connectivity index (χ1n) is 9.52. The zero-order valence-corrected chi connectivity index (χ0v) is 17.2. The van der Waals surface area contributed by atoms with Crippen LogP contribution >= 0.6 is 0 Å². The average molecular weight is 397 g/mol. The van der Waals surface area contributed by atoms with Crippen molar-refractivity contribution in [2.75, 3.05) is 12.3 Å². The fourth-order valence-corrected chi connectivity index (χ4v) is 3.31. The molecule has 3 rings (SSSR count). The van der Waals surface area contributed by atoms with Crippen LogP contribution in [0.25, 0.3) is 21.9 Å². The van der Waals surface area contributed by atoms with Gasteiger partial charge in [-0.2, -0.15) is 0 Å². The number of aromatic nitrogens is 3. The maximum absolute atomic E-state index is 11.8. The Balaban J connectivity index is 2.11. The lowest BCUT2D eigenvalue weighted by atomic mass is 10.2. The van der Waals surface area contributed by atoms with E-state index in [2.05, 4.69) is 15.1 Å². The van der Waals surface area contributed by atoms with Crippen molar-refractivity contribution in [2.24, 2.45) is 10.9 Å². The molecule has 0 saturated carbocycles. The van der Waals surface area contributed by atoms with Gasteiger partial charge >= 0.3 is 6.03 Å². The third-order valence-electron chi connectivity index (χ3n) is 4.60. The Bertz CT molecular complexity index is 1070. The predicted octanol–water partition coefficient (Wildman–Crippen LogP) is 2.87. The Hall–Kier alpha value is -3.36. The summed E-state index contributed by atoms with van der Waals surface area (Å²) >= 11 is 0. The van der Waals surface area contributed by atoms with Crippen LogP contribution in [0.3, 0.4) is 0 Å². The molecule has 4 N–H and O–H groups in total. The third kappa shape index (κ3) is 4.23. The van der Waals surface area contributed by atoms with Gasteiger partial charge in [0.1, 0.15) is 5.52 Å². The third-order valence-corrected chi connectivity index (χ3v) is 4.60. The second-order valence-corrected chi connectivity index (χ2v) is 7.33. The molecule has 0 saturated heterocycles. The number of amides is 2. The summed E-state index contributed by atoms with van der Waals surface area (Å²) in [6.07, 6.45) is 0. The number of imidazole rings is 1. The highest BCUT2D eigenvalue weighted by Crippen LogP contribution is 2.29. The van der Waals surface area contributed by atoms with Gasteiger partial charge in [-0.05, 0) is 33.8 Å². The number of nitrogen functional groups attached to an aromatic ring is 1. The zero-order valence-electron chi connectivity index (χ0n) is 17.2. The van der Waals surface area contributed by atoms with E-state index in [0.29, 0.717) is 30.2 Å². The van der Waals surface area contributed by atoms with E-state index in [1.807, 2.05) is 56.5 Å². The van der Waals surface area contributed by atoms with Crippen molar-refractivity contribution in [1.82, 2.24) is 19.4 Å². The van der Waals surface area contributed by atoms with Crippen LogP contribution in [0.4, 0.5) is 10.6 Å². The number of urea groups is 1. The van der Waals surface area contributed by atoms with Crippen molar-refractivity contribution in [1.29, 1.82) is 0 Å². The average Bonchev–Trinajstić information content (AvgIpc) is 3.00. The minimum absolute atomic E-state index is 0.0159. The molecular formula is C20H27N7O2. The number of pyridine rings is 1. The van der Waals surface area contributed by atoms with Crippen LogP contribution in [-0.4, -0.2) is 43.8 Å². The number of anilines is 1. The molecule has 0 spiro atoms. The molecule has 2 heterocycles. The van der Waals surface area contributed by atoms with Gasteiger partial charge in [-0.3, -0.25) is 0 Å². The molecule has 29 heavy (non-hydrogen) atoms. The van der Waals surface area contributed by atoms with Crippen LogP contribution in [0.2, 0.25) is 0 Å². The van der Waals surface area contributed by atoms with Gasteiger partial charge < -0.3 is 25.8 Å². The first kappa shape index (κ1) is 20.4. The maximum Gasteiger partial charge on any atom is 0.315 e. The fourth-order valence-electron chi connectivity index (χ4n) is 3.31. The molecule has 1 aromatic carbocycles. The van der Waals surface area contributed by atoms with Gasteiger partial charge in [0.05, 0.1) is 16.7 Å². The van der Waals surface area contributed by atoms with Crippen molar-refractivity contribution >= 4 is 39.5 Å². The van der Waals surface area contributed by atoms with E-state index in [4.69, 9.17) is 16.3 Å². The molecule has 0 unspecified atom stereocenters. The second kappa shape index (κ2) is 8.34. The number of para-hydroxylation sites is 1. The number of nitrogens with zero attached hydrogens (tertiary/aromatic N) is 5. The Morgan fingerprint density at radius 2 is 2.00 bits per heavy atom. The minimum atomic E-state index is -0.459. The molecule has 0 aliphatic heterocycles. The van der Waals surface area contributed by atoms with Crippen LogP contribution in [-0.2, 0) is 18.0 Å². The standard InChI is InChI=1S/C20H27N7O2/c1-12(2)25-29-11-16-24-17-18(14-7-5-6-8-15(14)23-19(17)21)27(16)10-9-26(13(3)4)20(22)28/h5-8,13H,9-11H2,1-4H3,(H2,21,23)(H2,22,28). The summed E-state index contributed by atoms with van der Waals surface area (Å²) in [5.74, 6) is 1.01. The van der Waals surface area contributed by atoms with Gasteiger partial charge in [0, 0.05) is 24.5 Å². The number of primary amides is 1. The largest absolute Gasteiger partial charge is 0.388 e. The topological polar surface area (TPSA) is 125 Å². The van der Waals surface area contributed by atoms with Gasteiger partial charge in [0.2, 0.25) is 0 Å². The van der Waals surface area contributed by atoms with Crippen molar-refractivity contribution < 1.29 is 9.63 Å². The molecule has 9 nitrogen and oxygen atoms in total. The Morgan fingerprint density at radius 1 is 1.28 bits per heavy atom. The number of hydrogen-bond donors (Lipinski definition) is 2. The fraction of sp³-hybridized carbons (Fsp3) is 0.400. The number of carbonyl (C=O) groups excluding carboxylic acids is 1.